The first kappa shape index (κ1) is 9.23. The molecule has 78 valence electrons. The lowest BCUT2D eigenvalue weighted by atomic mass is 10.3. The highest BCUT2D eigenvalue weighted by atomic mass is 32.2. The van der Waals surface area contributed by atoms with Gasteiger partial charge in [-0.25, -0.2) is 4.98 Å². The van der Waals surface area contributed by atoms with E-state index in [2.05, 4.69) is 15.2 Å². The molecule has 0 atom stereocenters. The van der Waals surface area contributed by atoms with Gasteiger partial charge >= 0.3 is 0 Å². The molecule has 1 aliphatic heterocycles. The van der Waals surface area contributed by atoms with E-state index in [9.17, 15) is 0 Å². The summed E-state index contributed by atoms with van der Waals surface area (Å²) in [6.45, 7) is 0. The van der Waals surface area contributed by atoms with E-state index < -0.39 is 0 Å². The van der Waals surface area contributed by atoms with Gasteiger partial charge in [0.2, 0.25) is 0 Å². The highest BCUT2D eigenvalue weighted by molar-refractivity contribution is 7.98. The van der Waals surface area contributed by atoms with Crippen molar-refractivity contribution in [3.05, 3.63) is 16.8 Å². The summed E-state index contributed by atoms with van der Waals surface area (Å²) in [5.41, 5.74) is 7.95. The molecule has 3 heterocycles. The zero-order valence-corrected chi connectivity index (χ0v) is 9.62. The van der Waals surface area contributed by atoms with Crippen molar-refractivity contribution in [2.45, 2.75) is 12.2 Å². The number of H-pyrrole nitrogens is 1. The van der Waals surface area contributed by atoms with Crippen molar-refractivity contribution in [1.82, 2.24) is 15.2 Å². The molecule has 0 amide bonds. The molecule has 6 heteroatoms. The number of anilines is 1. The number of nitrogens with one attached hydrogen (secondary N) is 1. The molecule has 0 fully saturated rings. The zero-order valence-electron chi connectivity index (χ0n) is 7.99. The predicted molar refractivity (Wildman–Crippen MR) is 64.0 cm³/mol. The summed E-state index contributed by atoms with van der Waals surface area (Å²) >= 11 is 3.70. The van der Waals surface area contributed by atoms with Gasteiger partial charge in [-0.15, -0.1) is 11.3 Å². The van der Waals surface area contributed by atoms with Crippen LogP contribution in [0.5, 0.6) is 0 Å². The van der Waals surface area contributed by atoms with E-state index in [0.717, 1.165) is 22.7 Å². The van der Waals surface area contributed by atoms with Crippen LogP contribution in [0.25, 0.3) is 10.6 Å². The third-order valence-electron chi connectivity index (χ3n) is 2.39. The van der Waals surface area contributed by atoms with Crippen LogP contribution >= 0.6 is 23.1 Å². The van der Waals surface area contributed by atoms with Crippen LogP contribution in [0.3, 0.4) is 0 Å². The van der Waals surface area contributed by atoms with E-state index in [0.29, 0.717) is 5.82 Å². The SMILES string of the molecule is Nc1[nH]ncc1-c1nc2c(s1)CSCC2. The first-order chi connectivity index (χ1) is 7.34. The largest absolute Gasteiger partial charge is 0.383 e. The van der Waals surface area contributed by atoms with Gasteiger partial charge in [0.15, 0.2) is 0 Å². The van der Waals surface area contributed by atoms with Crippen molar-refractivity contribution in [1.29, 1.82) is 0 Å². The summed E-state index contributed by atoms with van der Waals surface area (Å²) in [7, 11) is 0. The van der Waals surface area contributed by atoms with E-state index in [4.69, 9.17) is 5.73 Å². The summed E-state index contributed by atoms with van der Waals surface area (Å²) in [5, 5.41) is 7.65. The minimum absolute atomic E-state index is 0.605. The molecule has 3 rings (SSSR count). The Labute approximate surface area is 95.3 Å². The van der Waals surface area contributed by atoms with Crippen LogP contribution in [0, 0.1) is 0 Å². The monoisotopic (exact) mass is 238 g/mol. The van der Waals surface area contributed by atoms with Crippen LogP contribution in [0.4, 0.5) is 5.82 Å². The Bertz CT molecular complexity index is 465. The normalized spacial score (nSPS) is 15.2. The molecule has 1 aliphatic rings. The van der Waals surface area contributed by atoms with Crippen molar-refractivity contribution in [3.8, 4) is 10.6 Å². The van der Waals surface area contributed by atoms with Gasteiger partial charge in [-0.1, -0.05) is 0 Å². The average Bonchev–Trinajstić information content (AvgIpc) is 2.82. The number of nitrogens with zero attached hydrogens (tertiary/aromatic N) is 2. The van der Waals surface area contributed by atoms with Crippen LogP contribution in [-0.4, -0.2) is 20.9 Å². The Kier molecular flexibility index (Phi) is 2.17. The maximum atomic E-state index is 5.77. The molecule has 0 bridgehead atoms. The number of thioether (sulfide) groups is 1. The van der Waals surface area contributed by atoms with Crippen LogP contribution < -0.4 is 5.73 Å². The smallest absolute Gasteiger partial charge is 0.129 e. The third-order valence-corrected chi connectivity index (χ3v) is 4.69. The Balaban J connectivity index is 2.06. The maximum Gasteiger partial charge on any atom is 0.129 e. The van der Waals surface area contributed by atoms with E-state index in [-0.39, 0.29) is 0 Å². The van der Waals surface area contributed by atoms with Crippen molar-refractivity contribution in [2.24, 2.45) is 0 Å². The summed E-state index contributed by atoms with van der Waals surface area (Å²) < 4.78 is 0. The van der Waals surface area contributed by atoms with Gasteiger partial charge in [0.05, 0.1) is 17.5 Å². The van der Waals surface area contributed by atoms with E-state index >= 15 is 0 Å². The minimum Gasteiger partial charge on any atom is -0.383 e. The standard InChI is InChI=1S/C9H10N4S2/c10-8-5(3-11-13-8)9-12-6-1-2-14-4-7(6)15-9/h3H,1-2,4H2,(H3,10,11,13). The molecule has 3 N–H and O–H groups in total. The fourth-order valence-electron chi connectivity index (χ4n) is 1.61. The first-order valence-corrected chi connectivity index (χ1v) is 6.67. The predicted octanol–water partition coefficient (Wildman–Crippen LogP) is 1.90. The molecule has 0 saturated heterocycles. The maximum absolute atomic E-state index is 5.77. The first-order valence-electron chi connectivity index (χ1n) is 4.70. The molecule has 0 saturated carbocycles. The molecule has 0 spiro atoms. The van der Waals surface area contributed by atoms with Gasteiger partial charge in [0, 0.05) is 10.6 Å². The Morgan fingerprint density at radius 3 is 3.13 bits per heavy atom. The lowest BCUT2D eigenvalue weighted by Gasteiger charge is -2.06. The molecule has 0 aliphatic carbocycles. The van der Waals surface area contributed by atoms with Crippen molar-refractivity contribution in [2.75, 3.05) is 11.5 Å². The third kappa shape index (κ3) is 1.53. The Morgan fingerprint density at radius 2 is 2.40 bits per heavy atom. The Hall–Kier alpha value is -1.01. The molecule has 0 radical (unpaired) electrons. The second kappa shape index (κ2) is 3.53. The van der Waals surface area contributed by atoms with Gasteiger partial charge in [0.1, 0.15) is 10.8 Å². The number of thiazole rings is 1. The number of aryl methyl sites for hydroxylation is 1. The van der Waals surface area contributed by atoms with E-state index in [1.807, 2.05) is 11.8 Å². The second-order valence-electron chi connectivity index (χ2n) is 3.39. The topological polar surface area (TPSA) is 67.6 Å². The molecule has 0 aromatic carbocycles. The lowest BCUT2D eigenvalue weighted by Crippen LogP contribution is -1.99. The second-order valence-corrected chi connectivity index (χ2v) is 5.58. The minimum atomic E-state index is 0.605. The molecule has 15 heavy (non-hydrogen) atoms. The number of fused-ring (bicyclic) bond motifs is 1. The number of nitrogens with two attached hydrogens (primary N) is 1. The van der Waals surface area contributed by atoms with E-state index in [1.165, 1.54) is 16.3 Å². The van der Waals surface area contributed by atoms with Crippen molar-refractivity contribution in [3.63, 3.8) is 0 Å². The van der Waals surface area contributed by atoms with Gasteiger partial charge in [-0.05, 0) is 12.2 Å². The average molecular weight is 238 g/mol. The van der Waals surface area contributed by atoms with Crippen LogP contribution in [0.2, 0.25) is 0 Å². The highest BCUT2D eigenvalue weighted by Crippen LogP contribution is 2.35. The summed E-state index contributed by atoms with van der Waals surface area (Å²) in [5.74, 6) is 2.87. The number of nitrogen functional groups attached to an aromatic ring is 1. The highest BCUT2D eigenvalue weighted by Gasteiger charge is 2.17. The van der Waals surface area contributed by atoms with Gasteiger partial charge in [0.25, 0.3) is 0 Å². The summed E-state index contributed by atoms with van der Waals surface area (Å²) in [6.07, 6.45) is 2.82. The number of aromatic amines is 1. The summed E-state index contributed by atoms with van der Waals surface area (Å²) in [4.78, 5) is 6.01. The van der Waals surface area contributed by atoms with Gasteiger partial charge in [-0.3, -0.25) is 5.10 Å². The molecular formula is C9H10N4S2. The molecule has 2 aromatic rings. The number of aromatic nitrogens is 3. The Morgan fingerprint density at radius 1 is 1.47 bits per heavy atom. The van der Waals surface area contributed by atoms with Gasteiger partial charge in [-0.2, -0.15) is 16.9 Å². The molecular weight excluding hydrogens is 228 g/mol. The molecule has 2 aromatic heterocycles. The van der Waals surface area contributed by atoms with E-state index in [1.54, 1.807) is 17.5 Å². The fourth-order valence-corrected chi connectivity index (χ4v) is 3.85. The molecule has 0 unspecified atom stereocenters. The zero-order chi connectivity index (χ0) is 10.3. The lowest BCUT2D eigenvalue weighted by molar-refractivity contribution is 1.03. The van der Waals surface area contributed by atoms with Crippen molar-refractivity contribution >= 4 is 28.9 Å². The number of hydrogen-bond donors (Lipinski definition) is 2. The summed E-state index contributed by atoms with van der Waals surface area (Å²) in [6, 6.07) is 0. The molecule has 4 nitrogen and oxygen atoms in total. The van der Waals surface area contributed by atoms with Crippen LogP contribution in [0.1, 0.15) is 10.6 Å². The number of hydrogen-bond acceptors (Lipinski definition) is 5. The van der Waals surface area contributed by atoms with Crippen molar-refractivity contribution < 1.29 is 0 Å². The number of rotatable bonds is 1. The fraction of sp³-hybridized carbons (Fsp3) is 0.333. The van der Waals surface area contributed by atoms with Crippen LogP contribution in [0.15, 0.2) is 6.20 Å². The van der Waals surface area contributed by atoms with Gasteiger partial charge < -0.3 is 5.73 Å². The quantitative estimate of drug-likeness (QED) is 0.796. The van der Waals surface area contributed by atoms with Crippen LogP contribution in [-0.2, 0) is 12.2 Å².